The van der Waals surface area contributed by atoms with Gasteiger partial charge in [-0.25, -0.2) is 4.98 Å². The predicted molar refractivity (Wildman–Crippen MR) is 127 cm³/mol. The molecule has 0 bridgehead atoms. The second kappa shape index (κ2) is 9.03. The van der Waals surface area contributed by atoms with Gasteiger partial charge in [0.25, 0.3) is 0 Å². The number of pyridine rings is 1. The number of nitrogens with one attached hydrogen (secondary N) is 1. The zero-order chi connectivity index (χ0) is 23.6. The molecule has 0 spiro atoms. The van der Waals surface area contributed by atoms with E-state index in [1.54, 1.807) is 18.2 Å². The average molecular weight is 464 g/mol. The van der Waals surface area contributed by atoms with Crippen molar-refractivity contribution in [3.05, 3.63) is 88.1 Å². The number of ether oxygens (including phenoxy) is 2. The summed E-state index contributed by atoms with van der Waals surface area (Å²) in [6, 6.07) is 21.0. The lowest BCUT2D eigenvalue weighted by Crippen LogP contribution is -2.48. The first-order valence-electron chi connectivity index (χ1n) is 10.8. The number of benzene rings is 2. The van der Waals surface area contributed by atoms with Crippen LogP contribution in [0, 0.1) is 11.3 Å². The van der Waals surface area contributed by atoms with Gasteiger partial charge in [-0.15, -0.1) is 0 Å². The summed E-state index contributed by atoms with van der Waals surface area (Å²) in [6.45, 7) is 0. The topological polar surface area (TPSA) is 87.4 Å². The number of aliphatic hydroxyl groups is 1. The van der Waals surface area contributed by atoms with Gasteiger partial charge in [0.15, 0.2) is 5.60 Å². The van der Waals surface area contributed by atoms with Gasteiger partial charge in [-0.3, -0.25) is 0 Å². The van der Waals surface area contributed by atoms with E-state index < -0.39 is 11.2 Å². The number of methoxy groups -OCH3 is 1. The third-order valence-electron chi connectivity index (χ3n) is 6.34. The van der Waals surface area contributed by atoms with Crippen LogP contribution in [0.3, 0.4) is 0 Å². The van der Waals surface area contributed by atoms with Crippen LogP contribution in [0.4, 0.5) is 0 Å². The Labute approximate surface area is 198 Å². The molecular formula is C26H26ClN3O3. The molecule has 1 saturated carbocycles. The molecule has 2 aromatic carbocycles. The molecule has 0 amide bonds. The monoisotopic (exact) mass is 463 g/mol. The summed E-state index contributed by atoms with van der Waals surface area (Å²) in [7, 11) is 5.26. The molecule has 0 saturated heterocycles. The van der Waals surface area contributed by atoms with E-state index in [0.717, 1.165) is 11.1 Å². The maximum atomic E-state index is 12.2. The molecule has 2 aliphatic rings. The van der Waals surface area contributed by atoms with Crippen molar-refractivity contribution in [2.45, 2.75) is 30.0 Å². The minimum atomic E-state index is -1.36. The lowest BCUT2D eigenvalue weighted by Gasteiger charge is -2.40. The van der Waals surface area contributed by atoms with Crippen LogP contribution in [0.25, 0.3) is 0 Å². The molecule has 2 heterocycles. The van der Waals surface area contributed by atoms with Gasteiger partial charge < -0.3 is 19.9 Å². The van der Waals surface area contributed by atoms with Crippen LogP contribution in [0.2, 0.25) is 5.15 Å². The second-order valence-corrected chi connectivity index (χ2v) is 8.60. The Kier molecular flexibility index (Phi) is 6.31. The van der Waals surface area contributed by atoms with E-state index in [0.29, 0.717) is 29.7 Å². The van der Waals surface area contributed by atoms with Gasteiger partial charge in [0.1, 0.15) is 16.5 Å². The zero-order valence-corrected chi connectivity index (χ0v) is 19.6. The molecule has 6 nitrogen and oxygen atoms in total. The number of fused-ring (bicyclic) bond motifs is 3. The molecule has 1 aromatic heterocycles. The van der Waals surface area contributed by atoms with Crippen LogP contribution in [-0.2, 0) is 11.2 Å². The zero-order valence-electron chi connectivity index (χ0n) is 18.8. The molecule has 5 rings (SSSR count). The molecule has 0 radical (unpaired) electrons. The predicted octanol–water partition coefficient (Wildman–Crippen LogP) is 4.50. The first-order chi connectivity index (χ1) is 15.9. The molecule has 3 atom stereocenters. The van der Waals surface area contributed by atoms with Gasteiger partial charge in [-0.1, -0.05) is 54.1 Å². The Hall–Kier alpha value is -3.11. The molecular weight excluding hydrogens is 438 g/mol. The number of hydrogen-bond donors (Lipinski definition) is 2. The number of aromatic nitrogens is 1. The first-order valence-corrected chi connectivity index (χ1v) is 11.1. The largest absolute Gasteiger partial charge is 0.481 e. The van der Waals surface area contributed by atoms with E-state index >= 15 is 0 Å². The molecule has 3 unspecified atom stereocenters. The van der Waals surface area contributed by atoms with Crippen LogP contribution in [0.5, 0.6) is 11.6 Å². The van der Waals surface area contributed by atoms with Crippen molar-refractivity contribution in [1.82, 2.24) is 10.3 Å². The molecule has 33 heavy (non-hydrogen) atoms. The molecule has 1 aliphatic heterocycles. The minimum absolute atomic E-state index is 0.118. The number of rotatable bonds is 3. The Balaban J connectivity index is 0.000000821. The number of halogens is 1. The Bertz CT molecular complexity index is 1180. The van der Waals surface area contributed by atoms with E-state index in [-0.39, 0.29) is 17.0 Å². The van der Waals surface area contributed by atoms with Crippen molar-refractivity contribution in [2.75, 3.05) is 21.2 Å². The summed E-state index contributed by atoms with van der Waals surface area (Å²) in [5.74, 6) is 0.621. The molecule has 170 valence electrons. The lowest BCUT2D eigenvalue weighted by atomic mass is 9.72. The van der Waals surface area contributed by atoms with E-state index in [4.69, 9.17) is 21.1 Å². The van der Waals surface area contributed by atoms with Crippen LogP contribution < -0.4 is 14.8 Å². The van der Waals surface area contributed by atoms with Crippen molar-refractivity contribution in [2.24, 2.45) is 0 Å². The third kappa shape index (κ3) is 3.53. The van der Waals surface area contributed by atoms with Gasteiger partial charge >= 0.3 is 0 Å². The van der Waals surface area contributed by atoms with Crippen molar-refractivity contribution in [1.29, 1.82) is 5.26 Å². The fraction of sp³-hybridized carbons (Fsp3) is 0.308. The van der Waals surface area contributed by atoms with E-state index in [1.165, 1.54) is 7.11 Å². The summed E-state index contributed by atoms with van der Waals surface area (Å²) >= 11 is 6.20. The quantitative estimate of drug-likeness (QED) is 0.556. The van der Waals surface area contributed by atoms with Crippen LogP contribution in [0.1, 0.15) is 41.0 Å². The Morgan fingerprint density at radius 1 is 1.18 bits per heavy atom. The lowest BCUT2D eigenvalue weighted by molar-refractivity contribution is -0.106. The van der Waals surface area contributed by atoms with Crippen molar-refractivity contribution >= 4 is 11.6 Å². The Morgan fingerprint density at radius 3 is 2.45 bits per heavy atom. The van der Waals surface area contributed by atoms with Crippen molar-refractivity contribution < 1.29 is 14.6 Å². The van der Waals surface area contributed by atoms with Crippen molar-refractivity contribution in [3.63, 3.8) is 0 Å². The Morgan fingerprint density at radius 2 is 1.85 bits per heavy atom. The minimum Gasteiger partial charge on any atom is -0.481 e. The summed E-state index contributed by atoms with van der Waals surface area (Å²) in [5.41, 5.74) is 0.487. The number of nitrogens with zero attached hydrogens (tertiary/aromatic N) is 2. The molecule has 3 aromatic rings. The maximum absolute atomic E-state index is 12.2. The fourth-order valence-electron chi connectivity index (χ4n) is 5.13. The van der Waals surface area contributed by atoms with E-state index in [1.807, 2.05) is 44.4 Å². The molecule has 2 N–H and O–H groups in total. The summed E-state index contributed by atoms with van der Waals surface area (Å²) < 4.78 is 12.1. The van der Waals surface area contributed by atoms with E-state index in [2.05, 4.69) is 28.5 Å². The maximum Gasteiger partial charge on any atom is 0.224 e. The standard InChI is InChI=1S/C24H19ClN2O3.C2H7N/c1-29-22-21-19(13-20(25)27-22)30-24(17-9-7-15(14-26)8-10-17)18(11-12-23(21,24)28)16-5-3-2-4-6-16;1-3-2/h2-10,13,18,28H,11-12H2,1H3;3H,1-2H3. The van der Waals surface area contributed by atoms with Crippen LogP contribution in [0.15, 0.2) is 60.7 Å². The summed E-state index contributed by atoms with van der Waals surface area (Å²) in [4.78, 5) is 4.28. The highest BCUT2D eigenvalue weighted by atomic mass is 35.5. The normalized spacial score (nSPS) is 24.5. The summed E-state index contributed by atoms with van der Waals surface area (Å²) in [5, 5.41) is 24.4. The number of nitriles is 1. The molecule has 1 fully saturated rings. The van der Waals surface area contributed by atoms with Gasteiger partial charge in [-0.05, 0) is 50.2 Å². The molecule has 1 aliphatic carbocycles. The highest BCUT2D eigenvalue weighted by Crippen LogP contribution is 2.68. The first kappa shape index (κ1) is 23.1. The van der Waals surface area contributed by atoms with Gasteiger partial charge in [-0.2, -0.15) is 5.26 Å². The van der Waals surface area contributed by atoms with Crippen LogP contribution in [-0.4, -0.2) is 31.3 Å². The van der Waals surface area contributed by atoms with Gasteiger partial charge in [0, 0.05) is 12.0 Å². The smallest absolute Gasteiger partial charge is 0.224 e. The SMILES string of the molecule is CNC.COc1nc(Cl)cc2c1C1(O)CCC(c3ccccc3)C1(c1ccc(C#N)cc1)O2. The van der Waals surface area contributed by atoms with Crippen molar-refractivity contribution in [3.8, 4) is 17.7 Å². The summed E-state index contributed by atoms with van der Waals surface area (Å²) in [6.07, 6.45) is 1.19. The van der Waals surface area contributed by atoms with Gasteiger partial charge in [0.2, 0.25) is 5.88 Å². The molecule has 7 heteroatoms. The highest BCUT2D eigenvalue weighted by molar-refractivity contribution is 6.29. The third-order valence-corrected chi connectivity index (χ3v) is 6.54. The second-order valence-electron chi connectivity index (χ2n) is 8.22. The van der Waals surface area contributed by atoms with Gasteiger partial charge in [0.05, 0.1) is 24.3 Å². The van der Waals surface area contributed by atoms with Crippen LogP contribution >= 0.6 is 11.6 Å². The number of hydrogen-bond acceptors (Lipinski definition) is 6. The van der Waals surface area contributed by atoms with E-state index in [9.17, 15) is 10.4 Å². The average Bonchev–Trinajstić information content (AvgIpc) is 3.26. The highest BCUT2D eigenvalue weighted by Gasteiger charge is 2.69. The fourth-order valence-corrected chi connectivity index (χ4v) is 5.30.